The molecular formula is C21H34N6S2. The van der Waals surface area contributed by atoms with Gasteiger partial charge in [-0.25, -0.2) is 9.97 Å². The Bertz CT molecular complexity index is 761. The van der Waals surface area contributed by atoms with Crippen LogP contribution >= 0.6 is 22.7 Å². The van der Waals surface area contributed by atoms with Gasteiger partial charge in [0.2, 0.25) is 0 Å². The molecule has 1 fully saturated rings. The third-order valence-electron chi connectivity index (χ3n) is 5.19. The molecule has 0 radical (unpaired) electrons. The lowest BCUT2D eigenvalue weighted by molar-refractivity contribution is 0.179. The molecular weight excluding hydrogens is 400 g/mol. The van der Waals surface area contributed by atoms with E-state index in [1.54, 1.807) is 22.7 Å². The van der Waals surface area contributed by atoms with Gasteiger partial charge in [-0.05, 0) is 52.1 Å². The fourth-order valence-corrected chi connectivity index (χ4v) is 4.92. The number of hydrogen-bond acceptors (Lipinski definition) is 6. The lowest BCUT2D eigenvalue weighted by atomic mass is 9.97. The summed E-state index contributed by atoms with van der Waals surface area (Å²) in [6, 6.07) is 0. The Balaban J connectivity index is 1.39. The molecule has 1 aliphatic heterocycles. The lowest BCUT2D eigenvalue weighted by Crippen LogP contribution is -2.39. The van der Waals surface area contributed by atoms with Crippen LogP contribution in [0.25, 0.3) is 0 Å². The van der Waals surface area contributed by atoms with Gasteiger partial charge in [0, 0.05) is 43.4 Å². The minimum Gasteiger partial charge on any atom is -0.357 e. The van der Waals surface area contributed by atoms with E-state index in [0.29, 0.717) is 5.92 Å². The van der Waals surface area contributed by atoms with Crippen molar-refractivity contribution in [3.63, 3.8) is 0 Å². The highest BCUT2D eigenvalue weighted by Gasteiger charge is 2.20. The maximum absolute atomic E-state index is 4.84. The molecule has 0 unspecified atom stereocenters. The summed E-state index contributed by atoms with van der Waals surface area (Å²) >= 11 is 3.50. The van der Waals surface area contributed by atoms with Crippen LogP contribution in [0.15, 0.2) is 15.8 Å². The number of nitrogens with zero attached hydrogens (tertiary/aromatic N) is 4. The zero-order valence-corrected chi connectivity index (χ0v) is 19.5. The predicted molar refractivity (Wildman–Crippen MR) is 124 cm³/mol. The maximum atomic E-state index is 4.84. The van der Waals surface area contributed by atoms with Gasteiger partial charge in [0.1, 0.15) is 0 Å². The smallest absolute Gasteiger partial charge is 0.191 e. The number of thiazole rings is 2. The highest BCUT2D eigenvalue weighted by atomic mass is 32.1. The van der Waals surface area contributed by atoms with Crippen LogP contribution in [0.3, 0.4) is 0 Å². The van der Waals surface area contributed by atoms with Gasteiger partial charge in [0.15, 0.2) is 5.96 Å². The number of hydrogen-bond donors (Lipinski definition) is 2. The molecule has 0 bridgehead atoms. The molecule has 0 spiro atoms. The summed E-state index contributed by atoms with van der Waals surface area (Å²) in [4.78, 5) is 16.6. The molecule has 160 valence electrons. The van der Waals surface area contributed by atoms with Crippen LogP contribution in [0.1, 0.15) is 48.1 Å². The van der Waals surface area contributed by atoms with Gasteiger partial charge in [-0.3, -0.25) is 9.89 Å². The number of guanidine groups is 1. The Kier molecular flexibility index (Phi) is 8.89. The first kappa shape index (κ1) is 22.2. The first-order valence-corrected chi connectivity index (χ1v) is 12.5. The van der Waals surface area contributed by atoms with Crippen molar-refractivity contribution < 1.29 is 0 Å². The minimum absolute atomic E-state index is 0.671. The third kappa shape index (κ3) is 7.35. The zero-order chi connectivity index (χ0) is 20.5. The Morgan fingerprint density at radius 2 is 1.93 bits per heavy atom. The number of rotatable bonds is 9. The number of piperidine rings is 1. The topological polar surface area (TPSA) is 65.4 Å². The van der Waals surface area contributed by atoms with Crippen molar-refractivity contribution in [2.24, 2.45) is 10.9 Å². The van der Waals surface area contributed by atoms with Gasteiger partial charge in [0.05, 0.1) is 21.4 Å². The predicted octanol–water partition coefficient (Wildman–Crippen LogP) is 3.48. The van der Waals surface area contributed by atoms with Crippen molar-refractivity contribution in [2.75, 3.05) is 32.7 Å². The molecule has 2 aromatic rings. The van der Waals surface area contributed by atoms with Crippen molar-refractivity contribution in [1.29, 1.82) is 0 Å². The van der Waals surface area contributed by atoms with E-state index >= 15 is 0 Å². The van der Waals surface area contributed by atoms with E-state index in [1.807, 2.05) is 0 Å². The van der Waals surface area contributed by atoms with Crippen LogP contribution in [-0.4, -0.2) is 53.6 Å². The third-order valence-corrected chi connectivity index (χ3v) is 7.05. The van der Waals surface area contributed by atoms with E-state index in [0.717, 1.165) is 68.8 Å². The number of aryl methyl sites for hydroxylation is 2. The highest BCUT2D eigenvalue weighted by Crippen LogP contribution is 2.20. The summed E-state index contributed by atoms with van der Waals surface area (Å²) in [6.45, 7) is 12.3. The molecule has 0 atom stereocenters. The zero-order valence-electron chi connectivity index (χ0n) is 17.9. The van der Waals surface area contributed by atoms with E-state index in [4.69, 9.17) is 9.98 Å². The number of likely N-dealkylation sites (tertiary alicyclic amines) is 1. The largest absolute Gasteiger partial charge is 0.357 e. The van der Waals surface area contributed by atoms with E-state index in [2.05, 4.69) is 52.0 Å². The van der Waals surface area contributed by atoms with Crippen LogP contribution in [-0.2, 0) is 19.4 Å². The maximum Gasteiger partial charge on any atom is 0.191 e. The van der Waals surface area contributed by atoms with Gasteiger partial charge < -0.3 is 10.6 Å². The first-order chi connectivity index (χ1) is 14.2. The van der Waals surface area contributed by atoms with Gasteiger partial charge in [-0.15, -0.1) is 22.7 Å². The number of aromatic nitrogens is 2. The van der Waals surface area contributed by atoms with Gasteiger partial charge in [-0.1, -0.05) is 6.92 Å². The van der Waals surface area contributed by atoms with Gasteiger partial charge >= 0.3 is 0 Å². The van der Waals surface area contributed by atoms with Crippen LogP contribution < -0.4 is 10.6 Å². The summed E-state index contributed by atoms with van der Waals surface area (Å²) in [6.07, 6.45) is 4.40. The monoisotopic (exact) mass is 434 g/mol. The van der Waals surface area contributed by atoms with Gasteiger partial charge in [0.25, 0.3) is 0 Å². The normalized spacial score (nSPS) is 16.3. The molecule has 0 saturated carbocycles. The summed E-state index contributed by atoms with van der Waals surface area (Å²) in [5.41, 5.74) is 2.40. The van der Waals surface area contributed by atoms with Crippen molar-refractivity contribution in [2.45, 2.75) is 53.0 Å². The fraction of sp³-hybridized carbons (Fsp3) is 0.667. The van der Waals surface area contributed by atoms with E-state index in [-0.39, 0.29) is 0 Å². The molecule has 1 aliphatic rings. The Labute approximate surface area is 182 Å². The summed E-state index contributed by atoms with van der Waals surface area (Å²) in [5, 5.41) is 13.6. The van der Waals surface area contributed by atoms with E-state index in [1.165, 1.54) is 23.5 Å². The average Bonchev–Trinajstić information content (AvgIpc) is 3.36. The van der Waals surface area contributed by atoms with E-state index < -0.39 is 0 Å². The molecule has 2 N–H and O–H groups in total. The molecule has 3 rings (SSSR count). The van der Waals surface area contributed by atoms with Crippen molar-refractivity contribution in [3.8, 4) is 0 Å². The van der Waals surface area contributed by atoms with Crippen LogP contribution in [0.5, 0.6) is 0 Å². The molecule has 2 aromatic heterocycles. The number of aliphatic imine (C=N–C) groups is 1. The molecule has 0 aromatic carbocycles. The molecule has 1 saturated heterocycles. The summed E-state index contributed by atoms with van der Waals surface area (Å²) in [7, 11) is 0. The first-order valence-electron chi connectivity index (χ1n) is 10.7. The fourth-order valence-electron chi connectivity index (χ4n) is 3.53. The molecule has 0 aliphatic carbocycles. The average molecular weight is 435 g/mol. The molecule has 0 amide bonds. The lowest BCUT2D eigenvalue weighted by Gasteiger charge is -2.30. The molecule has 6 nitrogen and oxygen atoms in total. The van der Waals surface area contributed by atoms with Crippen LogP contribution in [0.2, 0.25) is 0 Å². The Morgan fingerprint density at radius 3 is 2.59 bits per heavy atom. The second-order valence-electron chi connectivity index (χ2n) is 7.56. The van der Waals surface area contributed by atoms with Crippen molar-refractivity contribution in [3.05, 3.63) is 32.2 Å². The standard InChI is InChI=1S/C21H34N6S2/c1-4-20-26-19(15-29-20)13-27-10-7-17(8-11-27)12-24-21(22-5-2)23-9-6-18-14-28-16(3)25-18/h14-15,17H,4-13H2,1-3H3,(H2,22,23,24). The van der Waals surface area contributed by atoms with Gasteiger partial charge in [-0.2, -0.15) is 0 Å². The quantitative estimate of drug-likeness (QED) is 0.467. The Hall–Kier alpha value is -1.51. The second-order valence-corrected chi connectivity index (χ2v) is 9.56. The molecule has 3 heterocycles. The number of nitrogens with one attached hydrogen (secondary N) is 2. The summed E-state index contributed by atoms with van der Waals surface area (Å²) < 4.78 is 0. The Morgan fingerprint density at radius 1 is 1.14 bits per heavy atom. The van der Waals surface area contributed by atoms with Crippen molar-refractivity contribution >= 4 is 28.6 Å². The van der Waals surface area contributed by atoms with E-state index in [9.17, 15) is 0 Å². The van der Waals surface area contributed by atoms with Crippen molar-refractivity contribution in [1.82, 2.24) is 25.5 Å². The summed E-state index contributed by atoms with van der Waals surface area (Å²) in [5.74, 6) is 1.60. The second kappa shape index (κ2) is 11.6. The molecule has 8 heteroatoms. The molecule has 29 heavy (non-hydrogen) atoms. The van der Waals surface area contributed by atoms with Crippen LogP contribution in [0.4, 0.5) is 0 Å². The SMILES string of the molecule is CCNC(=NCC1CCN(Cc2csc(CC)n2)CC1)NCCc1csc(C)n1. The minimum atomic E-state index is 0.671. The van der Waals surface area contributed by atoms with Crippen LogP contribution in [0, 0.1) is 12.8 Å². The highest BCUT2D eigenvalue weighted by molar-refractivity contribution is 7.09.